The number of nitrogens with one attached hydrogen (secondary N) is 2. The highest BCUT2D eigenvalue weighted by Crippen LogP contribution is 2.09. The predicted molar refractivity (Wildman–Crippen MR) is 70.3 cm³/mol. The maximum atomic E-state index is 4.76. The molecule has 0 radical (unpaired) electrons. The first-order valence-electron chi connectivity index (χ1n) is 5.90. The average molecular weight is 272 g/mol. The van der Waals surface area contributed by atoms with Crippen molar-refractivity contribution in [2.45, 2.75) is 6.54 Å². The van der Waals surface area contributed by atoms with Gasteiger partial charge in [0, 0.05) is 25.5 Å². The third-order valence-corrected chi connectivity index (χ3v) is 2.50. The van der Waals surface area contributed by atoms with Crippen LogP contribution >= 0.6 is 0 Å². The largest absolute Gasteiger partial charge is 0.364 e. The van der Waals surface area contributed by atoms with E-state index < -0.39 is 0 Å². The Hall–Kier alpha value is -2.97. The normalized spacial score (nSPS) is 10.4. The van der Waals surface area contributed by atoms with Crippen molar-refractivity contribution in [3.8, 4) is 5.95 Å². The number of aromatic nitrogens is 6. The highest BCUT2D eigenvalue weighted by molar-refractivity contribution is 5.37. The minimum Gasteiger partial charge on any atom is -0.364 e. The van der Waals surface area contributed by atoms with Crippen molar-refractivity contribution in [2.75, 3.05) is 17.7 Å². The molecule has 2 N–H and O–H groups in total. The number of hydrogen-bond acceptors (Lipinski definition) is 8. The maximum Gasteiger partial charge on any atom is 0.241 e. The van der Waals surface area contributed by atoms with Crippen LogP contribution in [0.3, 0.4) is 0 Å². The number of imidazole rings is 1. The quantitative estimate of drug-likeness (QED) is 0.699. The predicted octanol–water partition coefficient (Wildman–Crippen LogP) is 0.699. The van der Waals surface area contributed by atoms with Gasteiger partial charge in [0.1, 0.15) is 18.3 Å². The van der Waals surface area contributed by atoms with E-state index in [1.165, 1.54) is 6.26 Å². The molecule has 0 bridgehead atoms. The van der Waals surface area contributed by atoms with Crippen molar-refractivity contribution < 1.29 is 4.52 Å². The molecule has 0 saturated heterocycles. The fourth-order valence-corrected chi connectivity index (χ4v) is 1.55. The Morgan fingerprint density at radius 2 is 2.15 bits per heavy atom. The summed E-state index contributed by atoms with van der Waals surface area (Å²) in [5.74, 6) is 1.38. The van der Waals surface area contributed by atoms with Crippen LogP contribution < -0.4 is 10.6 Å². The van der Waals surface area contributed by atoms with Gasteiger partial charge in [-0.3, -0.25) is 4.57 Å². The number of hydrogen-bond donors (Lipinski definition) is 2. The lowest BCUT2D eigenvalue weighted by Crippen LogP contribution is -2.10. The Labute approximate surface area is 114 Å². The van der Waals surface area contributed by atoms with Crippen molar-refractivity contribution in [1.29, 1.82) is 0 Å². The van der Waals surface area contributed by atoms with Crippen molar-refractivity contribution in [1.82, 2.24) is 29.7 Å². The van der Waals surface area contributed by atoms with E-state index in [1.807, 2.05) is 0 Å². The summed E-state index contributed by atoms with van der Waals surface area (Å²) in [5.41, 5.74) is 0.764. The Kier molecular flexibility index (Phi) is 3.23. The standard InChI is InChI=1S/C11H12N8O/c1-12-9-15-10(14-6-8-2-5-20-18-8)17-11(16-9)19-4-3-13-7-19/h2-5,7H,6H2,1H3,(H2,12,14,15,16,17). The highest BCUT2D eigenvalue weighted by Gasteiger charge is 2.07. The Morgan fingerprint density at radius 3 is 2.85 bits per heavy atom. The van der Waals surface area contributed by atoms with Gasteiger partial charge in [-0.05, 0) is 0 Å². The van der Waals surface area contributed by atoms with Gasteiger partial charge in [-0.1, -0.05) is 5.16 Å². The molecule has 3 aromatic rings. The summed E-state index contributed by atoms with van der Waals surface area (Å²) in [7, 11) is 1.74. The number of nitrogens with zero attached hydrogens (tertiary/aromatic N) is 6. The molecular formula is C11H12N8O. The lowest BCUT2D eigenvalue weighted by Gasteiger charge is -2.07. The first-order valence-corrected chi connectivity index (χ1v) is 5.90. The first-order chi connectivity index (χ1) is 9.85. The Bertz CT molecular complexity index is 664. The molecule has 0 atom stereocenters. The van der Waals surface area contributed by atoms with Gasteiger partial charge in [-0.25, -0.2) is 4.98 Å². The molecule has 0 aromatic carbocycles. The zero-order valence-corrected chi connectivity index (χ0v) is 10.7. The highest BCUT2D eigenvalue weighted by atomic mass is 16.5. The zero-order valence-electron chi connectivity index (χ0n) is 10.7. The monoisotopic (exact) mass is 272 g/mol. The van der Waals surface area contributed by atoms with E-state index in [-0.39, 0.29) is 0 Å². The molecule has 0 aliphatic heterocycles. The second-order valence-corrected chi connectivity index (χ2v) is 3.85. The van der Waals surface area contributed by atoms with Crippen molar-refractivity contribution >= 4 is 11.9 Å². The molecule has 0 saturated carbocycles. The first kappa shape index (κ1) is 12.1. The van der Waals surface area contributed by atoms with E-state index in [0.29, 0.717) is 24.4 Å². The van der Waals surface area contributed by atoms with E-state index in [0.717, 1.165) is 5.69 Å². The van der Waals surface area contributed by atoms with Crippen LogP contribution in [-0.4, -0.2) is 36.7 Å². The summed E-state index contributed by atoms with van der Waals surface area (Å²) in [6.45, 7) is 0.465. The molecule has 102 valence electrons. The van der Waals surface area contributed by atoms with Crippen molar-refractivity contribution in [3.63, 3.8) is 0 Å². The summed E-state index contributed by atoms with van der Waals surface area (Å²) in [6, 6.07) is 1.77. The number of anilines is 2. The third kappa shape index (κ3) is 2.55. The van der Waals surface area contributed by atoms with E-state index in [2.05, 4.69) is 35.7 Å². The van der Waals surface area contributed by atoms with Crippen LogP contribution in [0.15, 0.2) is 35.6 Å². The van der Waals surface area contributed by atoms with Gasteiger partial charge in [0.05, 0.1) is 6.54 Å². The fraction of sp³-hybridized carbons (Fsp3) is 0.182. The van der Waals surface area contributed by atoms with Crippen molar-refractivity contribution in [3.05, 3.63) is 36.7 Å². The van der Waals surface area contributed by atoms with E-state index in [4.69, 9.17) is 4.52 Å². The summed E-state index contributed by atoms with van der Waals surface area (Å²) >= 11 is 0. The fourth-order valence-electron chi connectivity index (χ4n) is 1.55. The molecule has 9 nitrogen and oxygen atoms in total. The van der Waals surface area contributed by atoms with E-state index in [1.54, 1.807) is 36.4 Å². The van der Waals surface area contributed by atoms with Crippen molar-refractivity contribution in [2.24, 2.45) is 0 Å². The molecule has 0 fully saturated rings. The molecule has 3 aromatic heterocycles. The van der Waals surface area contributed by atoms with Crippen LogP contribution in [0.25, 0.3) is 5.95 Å². The van der Waals surface area contributed by atoms with E-state index >= 15 is 0 Å². The maximum absolute atomic E-state index is 4.76. The van der Waals surface area contributed by atoms with Crippen LogP contribution in [0.4, 0.5) is 11.9 Å². The zero-order chi connectivity index (χ0) is 13.8. The molecular weight excluding hydrogens is 260 g/mol. The Morgan fingerprint density at radius 1 is 1.25 bits per heavy atom. The molecule has 3 rings (SSSR count). The molecule has 0 spiro atoms. The van der Waals surface area contributed by atoms with Gasteiger partial charge in [-0.15, -0.1) is 0 Å². The average Bonchev–Trinajstić information content (AvgIpc) is 3.17. The van der Waals surface area contributed by atoms with Crippen LogP contribution in [0.5, 0.6) is 0 Å². The smallest absolute Gasteiger partial charge is 0.241 e. The Balaban J connectivity index is 1.84. The molecule has 0 unspecified atom stereocenters. The van der Waals surface area contributed by atoms with Crippen LogP contribution in [0.1, 0.15) is 5.69 Å². The number of rotatable bonds is 5. The summed E-state index contributed by atoms with van der Waals surface area (Å²) < 4.78 is 6.46. The van der Waals surface area contributed by atoms with Gasteiger partial charge in [0.25, 0.3) is 0 Å². The molecule has 0 amide bonds. The van der Waals surface area contributed by atoms with Crippen LogP contribution in [0, 0.1) is 0 Å². The van der Waals surface area contributed by atoms with Gasteiger partial charge >= 0.3 is 0 Å². The van der Waals surface area contributed by atoms with Crippen LogP contribution in [0.2, 0.25) is 0 Å². The molecule has 9 heteroatoms. The van der Waals surface area contributed by atoms with Gasteiger partial charge < -0.3 is 15.2 Å². The lowest BCUT2D eigenvalue weighted by molar-refractivity contribution is 0.412. The van der Waals surface area contributed by atoms with Gasteiger partial charge in [0.2, 0.25) is 17.8 Å². The minimum atomic E-state index is 0.441. The lowest BCUT2D eigenvalue weighted by atomic mass is 10.4. The van der Waals surface area contributed by atoms with Crippen LogP contribution in [-0.2, 0) is 6.54 Å². The molecule has 20 heavy (non-hydrogen) atoms. The van der Waals surface area contributed by atoms with E-state index in [9.17, 15) is 0 Å². The SMILES string of the molecule is CNc1nc(NCc2ccon2)nc(-n2ccnc2)n1. The summed E-state index contributed by atoms with van der Waals surface area (Å²) in [5, 5.41) is 9.77. The summed E-state index contributed by atoms with van der Waals surface area (Å²) in [4.78, 5) is 16.8. The second-order valence-electron chi connectivity index (χ2n) is 3.85. The third-order valence-electron chi connectivity index (χ3n) is 2.50. The topological polar surface area (TPSA) is 107 Å². The second kappa shape index (κ2) is 5.34. The minimum absolute atomic E-state index is 0.441. The molecule has 3 heterocycles. The van der Waals surface area contributed by atoms with Gasteiger partial charge in [-0.2, -0.15) is 15.0 Å². The molecule has 0 aliphatic rings. The van der Waals surface area contributed by atoms with Gasteiger partial charge in [0.15, 0.2) is 0 Å². The molecule has 0 aliphatic carbocycles. The summed E-state index contributed by atoms with van der Waals surface area (Å²) in [6.07, 6.45) is 6.55.